The number of nitrogens with one attached hydrogen (secondary N) is 1. The summed E-state index contributed by atoms with van der Waals surface area (Å²) in [5.41, 5.74) is 5.58. The van der Waals surface area contributed by atoms with Gasteiger partial charge in [0.05, 0.1) is 6.61 Å². The zero-order chi connectivity index (χ0) is 22.5. The number of aryl methyl sites for hydroxylation is 2. The Morgan fingerprint density at radius 1 is 1.22 bits per heavy atom. The van der Waals surface area contributed by atoms with Crippen molar-refractivity contribution in [1.29, 1.82) is 0 Å². The number of anilines is 3. The van der Waals surface area contributed by atoms with Crippen molar-refractivity contribution in [1.82, 2.24) is 4.98 Å². The quantitative estimate of drug-likeness (QED) is 0.569. The van der Waals surface area contributed by atoms with Gasteiger partial charge in [-0.2, -0.15) is 0 Å². The van der Waals surface area contributed by atoms with E-state index in [2.05, 4.69) is 27.3 Å². The molecular weight excluding hydrogens is 402 g/mol. The number of amides is 1. The molecule has 0 saturated heterocycles. The molecule has 0 fully saturated rings. The first-order valence-corrected chi connectivity index (χ1v) is 11.1. The zero-order valence-corrected chi connectivity index (χ0v) is 18.6. The Labute approximate surface area is 188 Å². The van der Waals surface area contributed by atoms with E-state index in [0.717, 1.165) is 54.0 Å². The van der Waals surface area contributed by atoms with Crippen LogP contribution in [0, 0.1) is 6.92 Å². The number of aromatic nitrogens is 1. The van der Waals surface area contributed by atoms with Crippen LogP contribution in [0.3, 0.4) is 0 Å². The molecule has 2 heterocycles. The van der Waals surface area contributed by atoms with Crippen LogP contribution in [0.5, 0.6) is 5.75 Å². The van der Waals surface area contributed by atoms with Crippen LogP contribution in [-0.2, 0) is 12.8 Å². The standard InChI is InChI=1S/C26H29N3O3/c1-3-19-10-11-20(16-24(19)32-15-14-30)28-26(31)22-6-4-8-23-21(22)7-5-13-29(23)25-12-9-18(2)17-27-25/h4,6,8-12,16-17,30H,3,5,7,13-15H2,1-2H3,(H,28,31). The topological polar surface area (TPSA) is 74.7 Å². The minimum absolute atomic E-state index is 0.0533. The van der Waals surface area contributed by atoms with Crippen molar-refractivity contribution in [2.45, 2.75) is 33.1 Å². The van der Waals surface area contributed by atoms with E-state index in [4.69, 9.17) is 9.84 Å². The number of hydrogen-bond acceptors (Lipinski definition) is 5. The smallest absolute Gasteiger partial charge is 0.256 e. The molecule has 32 heavy (non-hydrogen) atoms. The summed E-state index contributed by atoms with van der Waals surface area (Å²) in [4.78, 5) is 20.0. The minimum Gasteiger partial charge on any atom is -0.491 e. The van der Waals surface area contributed by atoms with Crippen LogP contribution >= 0.6 is 0 Å². The summed E-state index contributed by atoms with van der Waals surface area (Å²) in [5, 5.41) is 12.1. The van der Waals surface area contributed by atoms with Gasteiger partial charge in [-0.15, -0.1) is 0 Å². The highest BCUT2D eigenvalue weighted by atomic mass is 16.5. The molecule has 0 radical (unpaired) electrons. The summed E-state index contributed by atoms with van der Waals surface area (Å²) in [6, 6.07) is 15.6. The SMILES string of the molecule is CCc1ccc(NC(=O)c2cccc3c2CCCN3c2ccc(C)cn2)cc1OCCO. The Kier molecular flexibility index (Phi) is 6.71. The number of fused-ring (bicyclic) bond motifs is 1. The number of aliphatic hydroxyl groups excluding tert-OH is 1. The molecule has 0 aliphatic carbocycles. The van der Waals surface area contributed by atoms with Crippen LogP contribution in [0.1, 0.15) is 40.4 Å². The molecule has 6 heteroatoms. The summed E-state index contributed by atoms with van der Waals surface area (Å²) >= 11 is 0. The first-order valence-electron chi connectivity index (χ1n) is 11.1. The van der Waals surface area contributed by atoms with Gasteiger partial charge in [-0.25, -0.2) is 4.98 Å². The largest absolute Gasteiger partial charge is 0.491 e. The van der Waals surface area contributed by atoms with Gasteiger partial charge in [-0.3, -0.25) is 4.79 Å². The van der Waals surface area contributed by atoms with Gasteiger partial charge in [0.25, 0.3) is 5.91 Å². The normalized spacial score (nSPS) is 12.9. The summed E-state index contributed by atoms with van der Waals surface area (Å²) in [6.45, 7) is 5.11. The Morgan fingerprint density at radius 2 is 2.09 bits per heavy atom. The molecule has 2 N–H and O–H groups in total. The second kappa shape index (κ2) is 9.83. The number of carbonyl (C=O) groups is 1. The molecule has 1 amide bonds. The molecule has 0 atom stereocenters. The van der Waals surface area contributed by atoms with Crippen LogP contribution in [0.25, 0.3) is 0 Å². The molecule has 1 aliphatic heterocycles. The predicted octanol–water partition coefficient (Wildman–Crippen LogP) is 4.66. The maximum atomic E-state index is 13.2. The first kappa shape index (κ1) is 21.8. The zero-order valence-electron chi connectivity index (χ0n) is 18.6. The third-order valence-electron chi connectivity index (χ3n) is 5.72. The van der Waals surface area contributed by atoms with Crippen LogP contribution in [0.15, 0.2) is 54.7 Å². The molecule has 2 aromatic carbocycles. The van der Waals surface area contributed by atoms with Gasteiger partial charge < -0.3 is 20.1 Å². The van der Waals surface area contributed by atoms with Gasteiger partial charge in [0.1, 0.15) is 18.2 Å². The van der Waals surface area contributed by atoms with Crippen molar-refractivity contribution in [3.05, 3.63) is 77.0 Å². The summed E-state index contributed by atoms with van der Waals surface area (Å²) < 4.78 is 5.65. The van der Waals surface area contributed by atoms with Crippen molar-refractivity contribution in [2.24, 2.45) is 0 Å². The van der Waals surface area contributed by atoms with Crippen molar-refractivity contribution in [2.75, 3.05) is 30.0 Å². The van der Waals surface area contributed by atoms with E-state index in [0.29, 0.717) is 17.0 Å². The lowest BCUT2D eigenvalue weighted by molar-refractivity contribution is 0.102. The summed E-state index contributed by atoms with van der Waals surface area (Å²) in [7, 11) is 0. The second-order valence-electron chi connectivity index (χ2n) is 7.95. The summed E-state index contributed by atoms with van der Waals surface area (Å²) in [5.74, 6) is 1.44. The first-order chi connectivity index (χ1) is 15.6. The number of benzene rings is 2. The lowest BCUT2D eigenvalue weighted by Crippen LogP contribution is -2.27. The third-order valence-corrected chi connectivity index (χ3v) is 5.72. The number of pyridine rings is 1. The minimum atomic E-state index is -0.141. The fourth-order valence-corrected chi connectivity index (χ4v) is 4.11. The van der Waals surface area contributed by atoms with E-state index in [1.807, 2.05) is 56.4 Å². The van der Waals surface area contributed by atoms with Gasteiger partial charge in [0, 0.05) is 35.7 Å². The number of ether oxygens (including phenoxy) is 1. The van der Waals surface area contributed by atoms with Gasteiger partial charge in [-0.05, 0) is 67.1 Å². The predicted molar refractivity (Wildman–Crippen MR) is 127 cm³/mol. The molecule has 1 aliphatic rings. The molecule has 0 unspecified atom stereocenters. The Hall–Kier alpha value is -3.38. The molecule has 0 spiro atoms. The highest BCUT2D eigenvalue weighted by molar-refractivity contribution is 6.06. The molecule has 0 saturated carbocycles. The Morgan fingerprint density at radius 3 is 2.84 bits per heavy atom. The lowest BCUT2D eigenvalue weighted by atomic mass is 9.95. The maximum absolute atomic E-state index is 13.2. The van der Waals surface area contributed by atoms with Gasteiger partial charge in [-0.1, -0.05) is 25.1 Å². The lowest BCUT2D eigenvalue weighted by Gasteiger charge is -2.31. The van der Waals surface area contributed by atoms with Crippen molar-refractivity contribution in [3.8, 4) is 5.75 Å². The molecule has 166 valence electrons. The van der Waals surface area contributed by atoms with E-state index in [1.165, 1.54) is 0 Å². The summed E-state index contributed by atoms with van der Waals surface area (Å²) in [6.07, 6.45) is 4.48. The van der Waals surface area contributed by atoms with Crippen molar-refractivity contribution < 1.29 is 14.6 Å². The van der Waals surface area contributed by atoms with E-state index in [9.17, 15) is 4.79 Å². The van der Waals surface area contributed by atoms with Crippen LogP contribution in [0.2, 0.25) is 0 Å². The number of rotatable bonds is 7. The van der Waals surface area contributed by atoms with Gasteiger partial charge in [0.15, 0.2) is 0 Å². The average molecular weight is 432 g/mol. The second-order valence-corrected chi connectivity index (χ2v) is 7.95. The highest BCUT2D eigenvalue weighted by Gasteiger charge is 2.24. The van der Waals surface area contributed by atoms with Crippen LogP contribution in [0.4, 0.5) is 17.2 Å². The Bertz CT molecular complexity index is 1100. The number of aliphatic hydroxyl groups is 1. The van der Waals surface area contributed by atoms with E-state index in [1.54, 1.807) is 0 Å². The van der Waals surface area contributed by atoms with E-state index >= 15 is 0 Å². The van der Waals surface area contributed by atoms with Crippen LogP contribution < -0.4 is 15.0 Å². The molecular formula is C26H29N3O3. The number of hydrogen-bond donors (Lipinski definition) is 2. The fraction of sp³-hybridized carbons (Fsp3) is 0.308. The van der Waals surface area contributed by atoms with Gasteiger partial charge >= 0.3 is 0 Å². The monoisotopic (exact) mass is 431 g/mol. The molecule has 4 rings (SSSR count). The van der Waals surface area contributed by atoms with Crippen LogP contribution in [-0.4, -0.2) is 35.8 Å². The maximum Gasteiger partial charge on any atom is 0.256 e. The number of nitrogens with zero attached hydrogens (tertiary/aromatic N) is 2. The van der Waals surface area contributed by atoms with Crippen molar-refractivity contribution >= 4 is 23.1 Å². The molecule has 6 nitrogen and oxygen atoms in total. The van der Waals surface area contributed by atoms with E-state index in [-0.39, 0.29) is 19.1 Å². The fourth-order valence-electron chi connectivity index (χ4n) is 4.11. The van der Waals surface area contributed by atoms with E-state index < -0.39 is 0 Å². The molecule has 1 aromatic heterocycles. The third kappa shape index (κ3) is 4.60. The molecule has 0 bridgehead atoms. The number of carbonyl (C=O) groups excluding carboxylic acids is 1. The van der Waals surface area contributed by atoms with Gasteiger partial charge in [0.2, 0.25) is 0 Å². The molecule has 3 aromatic rings. The Balaban J connectivity index is 1.60. The van der Waals surface area contributed by atoms with Crippen molar-refractivity contribution in [3.63, 3.8) is 0 Å². The average Bonchev–Trinajstić information content (AvgIpc) is 2.82. The highest BCUT2D eigenvalue weighted by Crippen LogP contribution is 2.35.